The van der Waals surface area contributed by atoms with Crippen molar-refractivity contribution in [1.29, 1.82) is 0 Å². The number of amides is 2. The lowest BCUT2D eigenvalue weighted by molar-refractivity contribution is -0.146. The lowest BCUT2D eigenvalue weighted by atomic mass is 10.1. The average molecular weight is 355 g/mol. The molecule has 0 unspecified atom stereocenters. The van der Waals surface area contributed by atoms with Gasteiger partial charge in [-0.3, -0.25) is 9.59 Å². The summed E-state index contributed by atoms with van der Waals surface area (Å²) in [5.41, 5.74) is 3.51. The fourth-order valence-corrected chi connectivity index (χ4v) is 3.09. The summed E-state index contributed by atoms with van der Waals surface area (Å²) in [5, 5.41) is 0.586. The molecule has 1 fully saturated rings. The normalized spacial score (nSPS) is 14.8. The van der Waals surface area contributed by atoms with Crippen LogP contribution < -0.4 is 4.90 Å². The number of nitrogens with zero attached hydrogens (tertiary/aromatic N) is 2. The van der Waals surface area contributed by atoms with E-state index in [1.165, 1.54) is 4.90 Å². The number of carbonyl (C=O) groups is 2. The van der Waals surface area contributed by atoms with Crippen LogP contribution in [0.5, 0.6) is 0 Å². The summed E-state index contributed by atoms with van der Waals surface area (Å²) in [6.45, 7) is 6.94. The highest BCUT2D eigenvalue weighted by Gasteiger charge is 2.34. The molecule has 2 amide bonds. The molecule has 0 aromatic heterocycles. The molecule has 2 aromatic rings. The summed E-state index contributed by atoms with van der Waals surface area (Å²) in [6, 6.07) is 13.2. The van der Waals surface area contributed by atoms with E-state index in [4.69, 9.17) is 11.6 Å². The zero-order chi connectivity index (χ0) is 18.0. The fourth-order valence-electron chi connectivity index (χ4n) is 2.92. The molecule has 0 radical (unpaired) electrons. The van der Waals surface area contributed by atoms with Gasteiger partial charge in [0.05, 0.1) is 0 Å². The van der Waals surface area contributed by atoms with E-state index >= 15 is 0 Å². The minimum Gasteiger partial charge on any atom is -0.328 e. The van der Waals surface area contributed by atoms with Crippen LogP contribution in [0.15, 0.2) is 49.0 Å². The number of hydrogen-bond donors (Lipinski definition) is 0. The van der Waals surface area contributed by atoms with Gasteiger partial charge >= 0.3 is 11.8 Å². The zero-order valence-electron chi connectivity index (χ0n) is 14.0. The van der Waals surface area contributed by atoms with E-state index < -0.39 is 11.8 Å². The van der Waals surface area contributed by atoms with Crippen molar-refractivity contribution in [1.82, 2.24) is 4.90 Å². The number of rotatable bonds is 4. The van der Waals surface area contributed by atoms with Gasteiger partial charge in [-0.15, -0.1) is 0 Å². The van der Waals surface area contributed by atoms with Gasteiger partial charge in [0.1, 0.15) is 0 Å². The Morgan fingerprint density at radius 3 is 2.48 bits per heavy atom. The van der Waals surface area contributed by atoms with Crippen molar-refractivity contribution in [3.05, 3.63) is 70.8 Å². The second-order valence-corrected chi connectivity index (χ2v) is 6.42. The molecule has 25 heavy (non-hydrogen) atoms. The van der Waals surface area contributed by atoms with Crippen LogP contribution in [0.3, 0.4) is 0 Å². The van der Waals surface area contributed by atoms with Crippen LogP contribution in [0.2, 0.25) is 5.02 Å². The molecule has 128 valence electrons. The highest BCUT2D eigenvalue weighted by atomic mass is 35.5. The van der Waals surface area contributed by atoms with Gasteiger partial charge in [-0.25, -0.2) is 0 Å². The predicted octanol–water partition coefficient (Wildman–Crippen LogP) is 3.67. The Balaban J connectivity index is 1.76. The molecule has 0 aliphatic carbocycles. The van der Waals surface area contributed by atoms with Crippen LogP contribution in [0.1, 0.15) is 16.7 Å². The highest BCUT2D eigenvalue weighted by Crippen LogP contribution is 2.28. The Morgan fingerprint density at radius 1 is 1.08 bits per heavy atom. The maximum atomic E-state index is 12.6. The summed E-state index contributed by atoms with van der Waals surface area (Å²) in [7, 11) is 0. The molecule has 1 aliphatic rings. The number of benzene rings is 2. The largest absolute Gasteiger partial charge is 0.328 e. The molecule has 0 bridgehead atoms. The van der Waals surface area contributed by atoms with Crippen molar-refractivity contribution in [2.45, 2.75) is 13.5 Å². The van der Waals surface area contributed by atoms with E-state index in [1.807, 2.05) is 37.3 Å². The monoisotopic (exact) mass is 354 g/mol. The molecule has 3 rings (SSSR count). The topological polar surface area (TPSA) is 40.6 Å². The molecule has 0 saturated carbocycles. The van der Waals surface area contributed by atoms with Gasteiger partial charge in [-0.1, -0.05) is 54.6 Å². The van der Waals surface area contributed by atoms with Crippen LogP contribution in [-0.4, -0.2) is 29.8 Å². The van der Waals surface area contributed by atoms with Crippen LogP contribution in [-0.2, 0) is 16.1 Å². The molecule has 1 aliphatic heterocycles. The Bertz CT molecular complexity index is 830. The third-order valence-corrected chi connectivity index (χ3v) is 4.84. The first-order valence-electron chi connectivity index (χ1n) is 8.08. The number of anilines is 1. The SMILES string of the molecule is C=Cc1ccc(CN2CCN(c3cccc(Cl)c3C)C(=O)C2=O)cc1. The predicted molar refractivity (Wildman–Crippen MR) is 100 cm³/mol. The van der Waals surface area contributed by atoms with E-state index in [-0.39, 0.29) is 0 Å². The summed E-state index contributed by atoms with van der Waals surface area (Å²) in [6.07, 6.45) is 1.77. The quantitative estimate of drug-likeness (QED) is 0.786. The summed E-state index contributed by atoms with van der Waals surface area (Å²) < 4.78 is 0. The smallest absolute Gasteiger partial charge is 0.316 e. The molecule has 5 heteroatoms. The molecular weight excluding hydrogens is 336 g/mol. The second kappa shape index (κ2) is 7.11. The van der Waals surface area contributed by atoms with E-state index in [1.54, 1.807) is 23.1 Å². The first kappa shape index (κ1) is 17.2. The third kappa shape index (κ3) is 3.44. The van der Waals surface area contributed by atoms with Gasteiger partial charge in [0.2, 0.25) is 0 Å². The van der Waals surface area contributed by atoms with Crippen molar-refractivity contribution in [3.63, 3.8) is 0 Å². The van der Waals surface area contributed by atoms with Crippen LogP contribution in [0.25, 0.3) is 6.08 Å². The van der Waals surface area contributed by atoms with Crippen LogP contribution in [0.4, 0.5) is 5.69 Å². The minimum absolute atomic E-state index is 0.421. The van der Waals surface area contributed by atoms with Crippen molar-refractivity contribution < 1.29 is 9.59 Å². The zero-order valence-corrected chi connectivity index (χ0v) is 14.8. The summed E-state index contributed by atoms with van der Waals surface area (Å²) >= 11 is 6.14. The van der Waals surface area contributed by atoms with Gasteiger partial charge in [0.25, 0.3) is 0 Å². The lowest BCUT2D eigenvalue weighted by Gasteiger charge is -2.34. The third-order valence-electron chi connectivity index (χ3n) is 4.43. The standard InChI is InChI=1S/C20H19ClN2O2/c1-3-15-7-9-16(10-8-15)13-22-11-12-23(20(25)19(22)24)18-6-4-5-17(21)14(18)2/h3-10H,1,11-13H2,2H3. The number of halogens is 1. The fraction of sp³-hybridized carbons (Fsp3) is 0.200. The van der Waals surface area contributed by atoms with Gasteiger partial charge in [0.15, 0.2) is 0 Å². The number of piperazine rings is 1. The first-order chi connectivity index (χ1) is 12.0. The van der Waals surface area contributed by atoms with Gasteiger partial charge in [-0.2, -0.15) is 0 Å². The Hall–Kier alpha value is -2.59. The minimum atomic E-state index is -0.515. The van der Waals surface area contributed by atoms with E-state index in [9.17, 15) is 9.59 Å². The van der Waals surface area contributed by atoms with Crippen molar-refractivity contribution in [2.24, 2.45) is 0 Å². The lowest BCUT2D eigenvalue weighted by Crippen LogP contribution is -2.54. The molecule has 2 aromatic carbocycles. The Labute approximate surface area is 152 Å². The molecule has 0 N–H and O–H groups in total. The second-order valence-electron chi connectivity index (χ2n) is 6.01. The number of hydrogen-bond acceptors (Lipinski definition) is 2. The Morgan fingerprint density at radius 2 is 1.80 bits per heavy atom. The van der Waals surface area contributed by atoms with Gasteiger partial charge in [-0.05, 0) is 35.7 Å². The van der Waals surface area contributed by atoms with E-state index in [0.717, 1.165) is 16.7 Å². The molecule has 0 atom stereocenters. The van der Waals surface area contributed by atoms with Gasteiger partial charge < -0.3 is 9.80 Å². The first-order valence-corrected chi connectivity index (χ1v) is 8.46. The molecule has 4 nitrogen and oxygen atoms in total. The Kier molecular flexibility index (Phi) is 4.91. The maximum Gasteiger partial charge on any atom is 0.316 e. The van der Waals surface area contributed by atoms with Crippen molar-refractivity contribution >= 4 is 35.2 Å². The average Bonchev–Trinajstić information content (AvgIpc) is 2.63. The highest BCUT2D eigenvalue weighted by molar-refractivity contribution is 6.41. The van der Waals surface area contributed by atoms with Crippen molar-refractivity contribution in [2.75, 3.05) is 18.0 Å². The number of carbonyl (C=O) groups excluding carboxylic acids is 2. The molecular formula is C20H19ClN2O2. The maximum absolute atomic E-state index is 12.6. The summed E-state index contributed by atoms with van der Waals surface area (Å²) in [4.78, 5) is 28.2. The van der Waals surface area contributed by atoms with Gasteiger partial charge in [0, 0.05) is 30.3 Å². The van der Waals surface area contributed by atoms with E-state index in [2.05, 4.69) is 6.58 Å². The molecule has 1 saturated heterocycles. The van der Waals surface area contributed by atoms with Crippen LogP contribution >= 0.6 is 11.6 Å². The molecule has 0 spiro atoms. The van der Waals surface area contributed by atoms with Crippen LogP contribution in [0, 0.1) is 6.92 Å². The molecule has 1 heterocycles. The van der Waals surface area contributed by atoms with E-state index in [0.29, 0.717) is 30.3 Å². The van der Waals surface area contributed by atoms with Crippen molar-refractivity contribution in [3.8, 4) is 0 Å². The summed E-state index contributed by atoms with van der Waals surface area (Å²) in [5.74, 6) is -1.00.